The van der Waals surface area contributed by atoms with Gasteiger partial charge in [0.1, 0.15) is 0 Å². The molecule has 0 atom stereocenters. The third-order valence-electron chi connectivity index (χ3n) is 4.99. The van der Waals surface area contributed by atoms with Crippen LogP contribution in [0.4, 0.5) is 0 Å². The smallest absolute Gasteiger partial charge is 0.259 e. The van der Waals surface area contributed by atoms with Crippen molar-refractivity contribution >= 4 is 52.1 Å². The van der Waals surface area contributed by atoms with Gasteiger partial charge in [-0.05, 0) is 35.9 Å². The molecule has 1 aromatic heterocycles. The van der Waals surface area contributed by atoms with Gasteiger partial charge in [-0.1, -0.05) is 65.7 Å². The zero-order chi connectivity index (χ0) is 23.2. The molecule has 0 aliphatic carbocycles. The first kappa shape index (κ1) is 22.6. The summed E-state index contributed by atoms with van der Waals surface area (Å²) in [6.45, 7) is 0.424. The molecule has 166 valence electrons. The average Bonchev–Trinajstić information content (AvgIpc) is 3.18. The SMILES string of the molecule is O=C(CNC(=O)c1ccccc1)N/N=C\c1cn(Cc2ccc(Cl)c(Cl)c2)c2ccccc12. The van der Waals surface area contributed by atoms with Crippen molar-refractivity contribution in [3.05, 3.63) is 106 Å². The average molecular weight is 479 g/mol. The Morgan fingerprint density at radius 3 is 2.48 bits per heavy atom. The summed E-state index contributed by atoms with van der Waals surface area (Å²) in [6.07, 6.45) is 3.55. The largest absolute Gasteiger partial charge is 0.343 e. The van der Waals surface area contributed by atoms with Crippen molar-refractivity contribution in [1.82, 2.24) is 15.3 Å². The fourth-order valence-electron chi connectivity index (χ4n) is 3.41. The van der Waals surface area contributed by atoms with Gasteiger partial charge >= 0.3 is 0 Å². The number of rotatable bonds is 7. The van der Waals surface area contributed by atoms with E-state index in [2.05, 4.69) is 20.4 Å². The maximum Gasteiger partial charge on any atom is 0.259 e. The second kappa shape index (κ2) is 10.3. The highest BCUT2D eigenvalue weighted by Gasteiger charge is 2.09. The van der Waals surface area contributed by atoms with Gasteiger partial charge in [0.2, 0.25) is 0 Å². The molecule has 3 aromatic carbocycles. The van der Waals surface area contributed by atoms with E-state index in [-0.39, 0.29) is 12.5 Å². The number of carbonyl (C=O) groups excluding carboxylic acids is 2. The van der Waals surface area contributed by atoms with Crippen molar-refractivity contribution in [2.24, 2.45) is 5.10 Å². The lowest BCUT2D eigenvalue weighted by molar-refractivity contribution is -0.120. The van der Waals surface area contributed by atoms with Gasteiger partial charge in [0.25, 0.3) is 11.8 Å². The second-order valence-electron chi connectivity index (χ2n) is 7.32. The van der Waals surface area contributed by atoms with Gasteiger partial charge in [0.05, 0.1) is 22.8 Å². The molecule has 0 saturated carbocycles. The van der Waals surface area contributed by atoms with Gasteiger partial charge < -0.3 is 9.88 Å². The van der Waals surface area contributed by atoms with Crippen molar-refractivity contribution < 1.29 is 9.59 Å². The predicted molar refractivity (Wildman–Crippen MR) is 132 cm³/mol. The zero-order valence-corrected chi connectivity index (χ0v) is 19.0. The van der Waals surface area contributed by atoms with Crippen LogP contribution in [0.5, 0.6) is 0 Å². The molecule has 0 radical (unpaired) electrons. The van der Waals surface area contributed by atoms with Crippen LogP contribution < -0.4 is 10.7 Å². The minimum atomic E-state index is -0.421. The lowest BCUT2D eigenvalue weighted by Crippen LogP contribution is -2.34. The molecule has 2 N–H and O–H groups in total. The Balaban J connectivity index is 1.42. The first-order chi connectivity index (χ1) is 16.0. The van der Waals surface area contributed by atoms with E-state index < -0.39 is 5.91 Å². The van der Waals surface area contributed by atoms with Crippen LogP contribution in [0, 0.1) is 0 Å². The number of nitrogens with one attached hydrogen (secondary N) is 2. The van der Waals surface area contributed by atoms with E-state index in [4.69, 9.17) is 23.2 Å². The van der Waals surface area contributed by atoms with Crippen LogP contribution in [0.1, 0.15) is 21.5 Å². The maximum absolute atomic E-state index is 12.1. The van der Waals surface area contributed by atoms with Gasteiger partial charge in [-0.15, -0.1) is 0 Å². The van der Waals surface area contributed by atoms with Crippen LogP contribution in [0.2, 0.25) is 10.0 Å². The van der Waals surface area contributed by atoms with Crippen molar-refractivity contribution in [3.8, 4) is 0 Å². The number of carbonyl (C=O) groups is 2. The fraction of sp³-hybridized carbons (Fsp3) is 0.0800. The molecular formula is C25H20Cl2N4O2. The molecule has 0 bridgehead atoms. The topological polar surface area (TPSA) is 75.5 Å². The Hall–Kier alpha value is -3.61. The quantitative estimate of drug-likeness (QED) is 0.293. The first-order valence-electron chi connectivity index (χ1n) is 10.2. The summed E-state index contributed by atoms with van der Waals surface area (Å²) in [5, 5.41) is 8.65. The van der Waals surface area contributed by atoms with Crippen LogP contribution in [0.3, 0.4) is 0 Å². The first-order valence-corrected chi connectivity index (χ1v) is 10.9. The van der Waals surface area contributed by atoms with Gasteiger partial charge in [-0.2, -0.15) is 5.10 Å². The van der Waals surface area contributed by atoms with E-state index in [1.165, 1.54) is 0 Å². The fourth-order valence-corrected chi connectivity index (χ4v) is 3.73. The van der Waals surface area contributed by atoms with Gasteiger partial charge in [-0.25, -0.2) is 5.43 Å². The molecule has 4 rings (SSSR count). The Bertz CT molecular complexity index is 1330. The number of para-hydroxylation sites is 1. The van der Waals surface area contributed by atoms with Crippen molar-refractivity contribution in [2.75, 3.05) is 6.54 Å². The molecule has 0 fully saturated rings. The van der Waals surface area contributed by atoms with E-state index in [1.807, 2.05) is 48.7 Å². The third kappa shape index (κ3) is 5.61. The number of fused-ring (bicyclic) bond motifs is 1. The predicted octanol–water partition coefficient (Wildman–Crippen LogP) is 4.88. The minimum Gasteiger partial charge on any atom is -0.343 e. The number of benzene rings is 3. The van der Waals surface area contributed by atoms with Crippen molar-refractivity contribution in [3.63, 3.8) is 0 Å². The molecule has 0 aliphatic heterocycles. The molecule has 4 aromatic rings. The molecule has 0 saturated heterocycles. The molecule has 2 amide bonds. The van der Waals surface area contributed by atoms with E-state index in [0.29, 0.717) is 22.2 Å². The maximum atomic E-state index is 12.1. The van der Waals surface area contributed by atoms with E-state index >= 15 is 0 Å². The summed E-state index contributed by atoms with van der Waals surface area (Å²) in [6, 6.07) is 22.2. The van der Waals surface area contributed by atoms with Crippen LogP contribution in [0.15, 0.2) is 84.1 Å². The number of halogens is 2. The number of hydrazone groups is 1. The Morgan fingerprint density at radius 1 is 0.939 bits per heavy atom. The van der Waals surface area contributed by atoms with E-state index in [9.17, 15) is 9.59 Å². The van der Waals surface area contributed by atoms with E-state index in [1.54, 1.807) is 36.5 Å². The molecular weight excluding hydrogens is 459 g/mol. The zero-order valence-electron chi connectivity index (χ0n) is 17.5. The van der Waals surface area contributed by atoms with Crippen LogP contribution in [-0.4, -0.2) is 29.1 Å². The highest BCUT2D eigenvalue weighted by atomic mass is 35.5. The van der Waals surface area contributed by atoms with E-state index in [0.717, 1.165) is 22.0 Å². The molecule has 0 spiro atoms. The Kier molecular flexibility index (Phi) is 7.07. The van der Waals surface area contributed by atoms with Crippen molar-refractivity contribution in [1.29, 1.82) is 0 Å². The molecule has 0 aliphatic rings. The molecule has 1 heterocycles. The van der Waals surface area contributed by atoms with Crippen LogP contribution in [-0.2, 0) is 11.3 Å². The molecule has 0 unspecified atom stereocenters. The van der Waals surface area contributed by atoms with Gasteiger partial charge in [0, 0.05) is 34.8 Å². The number of hydrogen-bond donors (Lipinski definition) is 2. The number of nitrogens with zero attached hydrogens (tertiary/aromatic N) is 2. The summed E-state index contributed by atoms with van der Waals surface area (Å²) < 4.78 is 2.08. The third-order valence-corrected chi connectivity index (χ3v) is 5.73. The van der Waals surface area contributed by atoms with Crippen LogP contribution >= 0.6 is 23.2 Å². The summed E-state index contributed by atoms with van der Waals surface area (Å²) in [4.78, 5) is 24.1. The summed E-state index contributed by atoms with van der Waals surface area (Å²) in [5.74, 6) is -0.741. The highest BCUT2D eigenvalue weighted by molar-refractivity contribution is 6.42. The van der Waals surface area contributed by atoms with Gasteiger partial charge in [0.15, 0.2) is 0 Å². The van der Waals surface area contributed by atoms with Crippen LogP contribution in [0.25, 0.3) is 10.9 Å². The molecule has 6 nitrogen and oxygen atoms in total. The second-order valence-corrected chi connectivity index (χ2v) is 8.13. The standard InChI is InChI=1S/C25H20Cl2N4O2/c26-21-11-10-17(12-22(21)27)15-31-16-19(20-8-4-5-9-23(20)31)13-29-30-24(32)14-28-25(33)18-6-2-1-3-7-18/h1-13,16H,14-15H2,(H,28,33)(H,30,32)/b29-13-. The lowest BCUT2D eigenvalue weighted by atomic mass is 10.2. The Labute approximate surface area is 200 Å². The normalized spacial score (nSPS) is 11.1. The Morgan fingerprint density at radius 2 is 1.70 bits per heavy atom. The number of aromatic nitrogens is 1. The van der Waals surface area contributed by atoms with Crippen molar-refractivity contribution in [2.45, 2.75) is 6.54 Å². The number of amides is 2. The monoisotopic (exact) mass is 478 g/mol. The molecule has 8 heteroatoms. The van der Waals surface area contributed by atoms with Gasteiger partial charge in [-0.3, -0.25) is 9.59 Å². The minimum absolute atomic E-state index is 0.176. The number of hydrogen-bond acceptors (Lipinski definition) is 3. The summed E-state index contributed by atoms with van der Waals surface area (Å²) in [7, 11) is 0. The highest BCUT2D eigenvalue weighted by Crippen LogP contribution is 2.25. The molecule has 33 heavy (non-hydrogen) atoms. The summed E-state index contributed by atoms with van der Waals surface area (Å²) >= 11 is 12.2. The lowest BCUT2D eigenvalue weighted by Gasteiger charge is -2.06. The summed E-state index contributed by atoms with van der Waals surface area (Å²) in [5.41, 5.74) is 5.82.